The lowest BCUT2D eigenvalue weighted by atomic mass is 9.77. The van der Waals surface area contributed by atoms with E-state index in [9.17, 15) is 14.4 Å². The van der Waals surface area contributed by atoms with Crippen molar-refractivity contribution in [2.45, 2.75) is 216 Å². The molecule has 6 aromatic rings. The monoisotopic (exact) mass is 1140 g/mol. The highest BCUT2D eigenvalue weighted by atomic mass is 31.2. The lowest BCUT2D eigenvalue weighted by molar-refractivity contribution is -0.134. The summed E-state index contributed by atoms with van der Waals surface area (Å²) in [5.41, 5.74) is 14.4. The maximum Gasteiger partial charge on any atom is 0.409 e. The van der Waals surface area contributed by atoms with Crippen LogP contribution in [0.2, 0.25) is 0 Å². The van der Waals surface area contributed by atoms with Crippen LogP contribution in [0.4, 0.5) is 0 Å². The van der Waals surface area contributed by atoms with Gasteiger partial charge in [0.1, 0.15) is 52.3 Å². The van der Waals surface area contributed by atoms with Crippen molar-refractivity contribution in [1.82, 2.24) is 0 Å². The first-order valence-corrected chi connectivity index (χ1v) is 31.1. The molecule has 9 nitrogen and oxygen atoms in total. The average Bonchev–Trinajstić information content (AvgIpc) is 3.24. The van der Waals surface area contributed by atoms with Gasteiger partial charge in [-0.15, -0.1) is 0 Å². The number of aryl methyl sites for hydroxylation is 6. The number of benzene rings is 6. The Hall–Kier alpha value is -6.57. The largest absolute Gasteiger partial charge is 0.425 e. The fourth-order valence-electron chi connectivity index (χ4n) is 12.1. The van der Waals surface area contributed by atoms with Crippen LogP contribution in [0.3, 0.4) is 0 Å². The Morgan fingerprint density at radius 3 is 0.723 bits per heavy atom. The second-order valence-electron chi connectivity index (χ2n) is 30.2. The molecule has 3 aliphatic rings. The zero-order valence-electron chi connectivity index (χ0n) is 54.0. The molecule has 3 atom stereocenters. The highest BCUT2D eigenvalue weighted by Crippen LogP contribution is 2.57. The first-order chi connectivity index (χ1) is 38.0. The van der Waals surface area contributed by atoms with E-state index in [0.717, 1.165) is 100 Å². The number of esters is 3. The fourth-order valence-corrected chi connectivity index (χ4v) is 13.9. The molecule has 0 amide bonds. The van der Waals surface area contributed by atoms with Crippen molar-refractivity contribution in [2.75, 3.05) is 0 Å². The minimum absolute atomic E-state index is 0.176. The molecule has 10 heteroatoms. The van der Waals surface area contributed by atoms with Gasteiger partial charge in [0.25, 0.3) is 0 Å². The Bertz CT molecular complexity index is 3300. The summed E-state index contributed by atoms with van der Waals surface area (Å²) in [4.78, 5) is 42.6. The third-order valence-electron chi connectivity index (χ3n) is 16.8. The number of fused-ring (bicyclic) bond motifs is 3. The molecule has 83 heavy (non-hydrogen) atoms. The zero-order chi connectivity index (χ0) is 61.5. The normalized spacial score (nSPS) is 18.0. The molecular formula is C73H89O9P. The second-order valence-corrected chi connectivity index (χ2v) is 32.0. The van der Waals surface area contributed by atoms with Crippen LogP contribution in [0.1, 0.15) is 243 Å². The first kappa shape index (κ1) is 61.0. The summed E-state index contributed by atoms with van der Waals surface area (Å²) in [7, 11) is -3.79. The smallest absolute Gasteiger partial charge is 0.409 e. The third kappa shape index (κ3) is 11.5. The summed E-state index contributed by atoms with van der Waals surface area (Å²) in [5, 5.41) is 0. The van der Waals surface area contributed by atoms with Crippen LogP contribution in [0.5, 0.6) is 34.5 Å². The summed E-state index contributed by atoms with van der Waals surface area (Å²) in [5.74, 6) is 0.458. The van der Waals surface area contributed by atoms with Crippen LogP contribution < -0.4 is 27.8 Å². The molecule has 3 unspecified atom stereocenters. The van der Waals surface area contributed by atoms with E-state index in [2.05, 4.69) is 161 Å². The molecular weight excluding hydrogens is 1050 g/mol. The van der Waals surface area contributed by atoms with Gasteiger partial charge in [-0.2, -0.15) is 0 Å². The first-order valence-electron chi connectivity index (χ1n) is 29.3. The number of carbonyl (C=O) groups excluding carboxylic acids is 3. The molecule has 0 N–H and O–H groups in total. The third-order valence-corrected chi connectivity index (χ3v) is 18.1. The van der Waals surface area contributed by atoms with Crippen molar-refractivity contribution < 1.29 is 42.2 Å². The van der Waals surface area contributed by atoms with E-state index < -0.39 is 25.3 Å². The van der Waals surface area contributed by atoms with E-state index in [-0.39, 0.29) is 50.4 Å². The number of ether oxygens (including phenoxy) is 3. The van der Waals surface area contributed by atoms with E-state index in [1.807, 2.05) is 77.9 Å². The van der Waals surface area contributed by atoms with Gasteiger partial charge in [0.15, 0.2) is 0 Å². The molecule has 0 saturated carbocycles. The van der Waals surface area contributed by atoms with E-state index >= 15 is 0 Å². The van der Waals surface area contributed by atoms with Crippen LogP contribution in [0.25, 0.3) is 0 Å². The van der Waals surface area contributed by atoms with Crippen molar-refractivity contribution in [1.29, 1.82) is 0 Å². The van der Waals surface area contributed by atoms with Gasteiger partial charge in [-0.25, -0.2) is 0 Å². The van der Waals surface area contributed by atoms with Gasteiger partial charge in [-0.1, -0.05) is 197 Å². The molecule has 3 heterocycles. The molecule has 0 saturated heterocycles. The van der Waals surface area contributed by atoms with Gasteiger partial charge in [0, 0.05) is 39.7 Å². The maximum absolute atomic E-state index is 14.2. The van der Waals surface area contributed by atoms with Crippen molar-refractivity contribution in [3.8, 4) is 34.5 Å². The molecule has 0 aliphatic carbocycles. The fraction of sp³-hybridized carbons (Fsp3) is 0.452. The van der Waals surface area contributed by atoms with Gasteiger partial charge in [0.2, 0.25) is 0 Å². The number of rotatable bonds is 9. The Kier molecular flexibility index (Phi) is 14.9. The van der Waals surface area contributed by atoms with E-state index in [4.69, 9.17) is 34.1 Å². The van der Waals surface area contributed by atoms with Gasteiger partial charge in [-0.3, -0.25) is 14.4 Å². The second kappa shape index (κ2) is 20.3. The predicted molar refractivity (Wildman–Crippen MR) is 338 cm³/mol. The van der Waals surface area contributed by atoms with Crippen molar-refractivity contribution in [2.24, 2.45) is 0 Å². The maximum atomic E-state index is 14.2. The van der Waals surface area contributed by atoms with Crippen molar-refractivity contribution in [3.63, 3.8) is 0 Å². The Morgan fingerprint density at radius 2 is 0.542 bits per heavy atom. The van der Waals surface area contributed by atoms with Crippen LogP contribution in [-0.2, 0) is 46.9 Å². The summed E-state index contributed by atoms with van der Waals surface area (Å²) in [6.45, 7) is 50.8. The van der Waals surface area contributed by atoms with Crippen molar-refractivity contribution >= 4 is 31.8 Å². The highest BCUT2D eigenvalue weighted by molar-refractivity contribution is 7.60. The van der Waals surface area contributed by atoms with E-state index in [1.165, 1.54) is 0 Å². The molecule has 6 aromatic carbocycles. The SMILES string of the molecule is C=P(Oc1c(C)cc(C2C(=O)Oc3c2cc(C(C)(C)C)cc3C(C)(C)C)cc1C)(Oc1c(C)cc(C2C(=O)Oc3c2cc(C(C)(C)C)cc3C(C)(C)C)cc1C)Oc1c(C)cc(C2C(=O)Oc3c2cc(C(C)(C)C)cc3C(C)(C)C)cc1C. The van der Waals surface area contributed by atoms with E-state index in [1.54, 1.807) is 0 Å². The lowest BCUT2D eigenvalue weighted by Gasteiger charge is -2.30. The standard InChI is InChI=1S/C73H89O9P/c1-38-26-44(56-50-32-47(68(7,8)9)35-53(71(16,17)18)62(50)77-65(56)74)27-39(2)59(38)80-83(25,81-60-40(3)28-45(29-41(60)4)57-51-33-48(69(10,11)12)36-54(72(19,20)21)63(51)78-66(57)75)82-61-42(5)30-46(31-43(61)6)58-52-34-49(70(13,14)15)37-55(73(22,23)24)64(52)79-67(58)76/h26-37,56-58H,25H2,1-24H3. The van der Waals surface area contributed by atoms with Crippen LogP contribution >= 0.6 is 7.57 Å². The quantitative estimate of drug-likeness (QED) is 0.0795. The van der Waals surface area contributed by atoms with Crippen LogP contribution in [0.15, 0.2) is 72.8 Å². The number of carbonyl (C=O) groups is 3. The lowest BCUT2D eigenvalue weighted by Crippen LogP contribution is -2.17. The molecule has 440 valence electrons. The molecule has 0 aromatic heterocycles. The van der Waals surface area contributed by atoms with E-state index in [0.29, 0.717) is 34.5 Å². The Morgan fingerprint density at radius 1 is 0.337 bits per heavy atom. The topological polar surface area (TPSA) is 107 Å². The molecule has 0 spiro atoms. The molecule has 3 aliphatic heterocycles. The van der Waals surface area contributed by atoms with Crippen molar-refractivity contribution in [3.05, 3.63) is 173 Å². The number of hydrogen-bond acceptors (Lipinski definition) is 9. The summed E-state index contributed by atoms with van der Waals surface area (Å²) < 4.78 is 40.2. The molecule has 0 bridgehead atoms. The average molecular weight is 1140 g/mol. The zero-order valence-corrected chi connectivity index (χ0v) is 54.9. The van der Waals surface area contributed by atoms with Gasteiger partial charge < -0.3 is 27.8 Å². The molecule has 9 rings (SSSR count). The summed E-state index contributed by atoms with van der Waals surface area (Å²) in [6, 6.07) is 24.9. The van der Waals surface area contributed by atoms with Crippen LogP contribution in [0, 0.1) is 41.5 Å². The molecule has 0 fully saturated rings. The molecule has 0 radical (unpaired) electrons. The Labute approximate surface area is 495 Å². The summed E-state index contributed by atoms with van der Waals surface area (Å²) >= 11 is 0. The summed E-state index contributed by atoms with van der Waals surface area (Å²) in [6.07, 6.45) is 4.75. The minimum Gasteiger partial charge on any atom is -0.425 e. The Balaban J connectivity index is 1.15. The minimum atomic E-state index is -3.79. The predicted octanol–water partition coefficient (Wildman–Crippen LogP) is 18.2. The van der Waals surface area contributed by atoms with Crippen LogP contribution in [-0.4, -0.2) is 24.2 Å². The highest BCUT2D eigenvalue weighted by Gasteiger charge is 2.44. The van der Waals surface area contributed by atoms with Gasteiger partial charge in [0.05, 0.1) is 0 Å². The van der Waals surface area contributed by atoms with Gasteiger partial charge in [-0.05, 0) is 141 Å². The van der Waals surface area contributed by atoms with Gasteiger partial charge >= 0.3 is 25.5 Å². The number of hydrogen-bond donors (Lipinski definition) is 0.